The molecule has 7 nitrogen and oxygen atoms in total. The van der Waals surface area contributed by atoms with Gasteiger partial charge in [-0.2, -0.15) is 0 Å². The molecule has 0 unspecified atom stereocenters. The minimum atomic E-state index is -0.245. The Labute approximate surface area is 194 Å². The van der Waals surface area contributed by atoms with E-state index in [1.807, 2.05) is 19.1 Å². The average Bonchev–Trinajstić information content (AvgIpc) is 3.20. The van der Waals surface area contributed by atoms with Gasteiger partial charge in [0.25, 0.3) is 0 Å². The zero-order valence-electron chi connectivity index (χ0n) is 19.7. The number of imidazole rings is 1. The lowest BCUT2D eigenvalue weighted by atomic mass is 10.1. The van der Waals surface area contributed by atoms with Crippen molar-refractivity contribution < 1.29 is 18.6 Å². The highest BCUT2D eigenvalue weighted by molar-refractivity contribution is 5.56. The molecular formula is C25H31FN4O3. The number of rotatable bonds is 8. The van der Waals surface area contributed by atoms with Crippen LogP contribution >= 0.6 is 0 Å². The van der Waals surface area contributed by atoms with Crippen molar-refractivity contribution in [3.8, 4) is 28.6 Å². The molecule has 8 heteroatoms. The molecular weight excluding hydrogens is 423 g/mol. The summed E-state index contributed by atoms with van der Waals surface area (Å²) in [6.45, 7) is 7.44. The first kappa shape index (κ1) is 23.1. The van der Waals surface area contributed by atoms with E-state index in [0.29, 0.717) is 11.5 Å². The number of aromatic nitrogens is 2. The van der Waals surface area contributed by atoms with Gasteiger partial charge in [0.05, 0.1) is 32.7 Å². The number of methoxy groups -OCH3 is 3. The lowest BCUT2D eigenvalue weighted by molar-refractivity contribution is 0.120. The molecule has 176 valence electrons. The van der Waals surface area contributed by atoms with Crippen LogP contribution in [0, 0.1) is 12.7 Å². The van der Waals surface area contributed by atoms with Crippen molar-refractivity contribution in [3.05, 3.63) is 59.2 Å². The van der Waals surface area contributed by atoms with Gasteiger partial charge in [-0.15, -0.1) is 0 Å². The Balaban J connectivity index is 1.37. The summed E-state index contributed by atoms with van der Waals surface area (Å²) < 4.78 is 29.8. The number of hydrogen-bond acceptors (Lipinski definition) is 6. The van der Waals surface area contributed by atoms with Gasteiger partial charge in [-0.1, -0.05) is 6.07 Å². The van der Waals surface area contributed by atoms with Crippen LogP contribution in [0.1, 0.15) is 17.0 Å². The predicted octanol–water partition coefficient (Wildman–Crippen LogP) is 3.87. The number of nitrogens with one attached hydrogen (secondary N) is 1. The molecule has 0 amide bonds. The van der Waals surface area contributed by atoms with Crippen LogP contribution in [0.15, 0.2) is 36.4 Å². The van der Waals surface area contributed by atoms with Gasteiger partial charge in [-0.05, 0) is 37.3 Å². The molecule has 0 bridgehead atoms. The number of benzene rings is 2. The molecule has 0 atom stereocenters. The third-order valence-corrected chi connectivity index (χ3v) is 6.13. The highest BCUT2D eigenvalue weighted by atomic mass is 19.1. The van der Waals surface area contributed by atoms with Crippen LogP contribution in [0.4, 0.5) is 4.39 Å². The molecule has 1 aliphatic heterocycles. The van der Waals surface area contributed by atoms with E-state index < -0.39 is 0 Å². The smallest absolute Gasteiger partial charge is 0.203 e. The Morgan fingerprint density at radius 1 is 0.848 bits per heavy atom. The number of hydrogen-bond donors (Lipinski definition) is 1. The van der Waals surface area contributed by atoms with Crippen LogP contribution in [0.25, 0.3) is 11.4 Å². The number of aryl methyl sites for hydroxylation is 1. The maximum Gasteiger partial charge on any atom is 0.203 e. The molecule has 1 saturated heterocycles. The summed E-state index contributed by atoms with van der Waals surface area (Å²) in [6.07, 6.45) is 0. The van der Waals surface area contributed by atoms with E-state index in [-0.39, 0.29) is 5.82 Å². The maximum atomic E-state index is 13.2. The Bertz CT molecular complexity index is 1080. The molecule has 0 saturated carbocycles. The first-order valence-electron chi connectivity index (χ1n) is 11.1. The molecule has 0 spiro atoms. The zero-order valence-corrected chi connectivity index (χ0v) is 19.7. The number of aromatic amines is 1. The summed E-state index contributed by atoms with van der Waals surface area (Å²) in [4.78, 5) is 12.9. The van der Waals surface area contributed by atoms with Crippen LogP contribution in [0.2, 0.25) is 0 Å². The van der Waals surface area contributed by atoms with E-state index in [2.05, 4.69) is 19.8 Å². The van der Waals surface area contributed by atoms with Gasteiger partial charge in [-0.3, -0.25) is 9.80 Å². The van der Waals surface area contributed by atoms with Crippen LogP contribution in [-0.2, 0) is 13.1 Å². The van der Waals surface area contributed by atoms with Crippen molar-refractivity contribution in [2.75, 3.05) is 47.5 Å². The second-order valence-electron chi connectivity index (χ2n) is 8.20. The van der Waals surface area contributed by atoms with Gasteiger partial charge in [-0.25, -0.2) is 9.37 Å². The van der Waals surface area contributed by atoms with E-state index in [4.69, 9.17) is 14.2 Å². The highest BCUT2D eigenvalue weighted by Gasteiger charge is 2.22. The van der Waals surface area contributed by atoms with Gasteiger partial charge < -0.3 is 19.2 Å². The van der Waals surface area contributed by atoms with Gasteiger partial charge in [0, 0.05) is 50.4 Å². The number of piperazine rings is 1. The first-order chi connectivity index (χ1) is 16.0. The lowest BCUT2D eigenvalue weighted by Crippen LogP contribution is -2.45. The molecule has 1 N–H and O–H groups in total. The standard InChI is InChI=1S/C25H31FN4O3/c1-17-21(28-25(27-17)18-5-8-20(26)9-6-18)16-30-13-11-29(12-14-30)15-19-7-10-22(31-2)24(33-4)23(19)32-3/h5-10H,11-16H2,1-4H3,(H,27,28). The molecule has 1 aromatic heterocycles. The summed E-state index contributed by atoms with van der Waals surface area (Å²) in [5, 5.41) is 0. The third kappa shape index (κ3) is 5.12. The van der Waals surface area contributed by atoms with Crippen LogP contribution in [0.5, 0.6) is 17.2 Å². The summed E-state index contributed by atoms with van der Waals surface area (Å²) in [5.41, 5.74) is 4.05. The first-order valence-corrected chi connectivity index (χ1v) is 11.1. The van der Waals surface area contributed by atoms with E-state index in [1.54, 1.807) is 33.5 Å². The van der Waals surface area contributed by atoms with E-state index >= 15 is 0 Å². The zero-order chi connectivity index (χ0) is 23.4. The van der Waals surface area contributed by atoms with E-state index in [9.17, 15) is 4.39 Å². The molecule has 1 aliphatic rings. The minimum absolute atomic E-state index is 0.245. The topological polar surface area (TPSA) is 62.9 Å². The second kappa shape index (κ2) is 10.2. The number of H-pyrrole nitrogens is 1. The van der Waals surface area contributed by atoms with Crippen molar-refractivity contribution in [1.29, 1.82) is 0 Å². The molecule has 4 rings (SSSR count). The Morgan fingerprint density at radius 2 is 1.48 bits per heavy atom. The monoisotopic (exact) mass is 454 g/mol. The average molecular weight is 455 g/mol. The van der Waals surface area contributed by atoms with Gasteiger partial charge in [0.2, 0.25) is 5.75 Å². The third-order valence-electron chi connectivity index (χ3n) is 6.13. The fraction of sp³-hybridized carbons (Fsp3) is 0.400. The maximum absolute atomic E-state index is 13.2. The number of nitrogens with zero attached hydrogens (tertiary/aromatic N) is 3. The summed E-state index contributed by atoms with van der Waals surface area (Å²) >= 11 is 0. The summed E-state index contributed by atoms with van der Waals surface area (Å²) in [6, 6.07) is 10.4. The van der Waals surface area contributed by atoms with Crippen molar-refractivity contribution in [2.24, 2.45) is 0 Å². The molecule has 2 aromatic carbocycles. The van der Waals surface area contributed by atoms with Crippen molar-refractivity contribution in [2.45, 2.75) is 20.0 Å². The summed E-state index contributed by atoms with van der Waals surface area (Å²) in [5.74, 6) is 2.55. The van der Waals surface area contributed by atoms with Crippen molar-refractivity contribution in [3.63, 3.8) is 0 Å². The lowest BCUT2D eigenvalue weighted by Gasteiger charge is -2.34. The van der Waals surface area contributed by atoms with Crippen molar-refractivity contribution in [1.82, 2.24) is 19.8 Å². The fourth-order valence-electron chi connectivity index (χ4n) is 4.25. The SMILES string of the molecule is COc1ccc(CN2CCN(Cc3[nH]c(-c4ccc(F)cc4)nc3C)CC2)c(OC)c1OC. The number of ether oxygens (including phenoxy) is 3. The molecule has 3 aromatic rings. The Morgan fingerprint density at radius 3 is 2.09 bits per heavy atom. The summed E-state index contributed by atoms with van der Waals surface area (Å²) in [7, 11) is 4.91. The Kier molecular flexibility index (Phi) is 7.15. The normalized spacial score (nSPS) is 14.9. The molecule has 2 heterocycles. The second-order valence-corrected chi connectivity index (χ2v) is 8.20. The largest absolute Gasteiger partial charge is 0.493 e. The highest BCUT2D eigenvalue weighted by Crippen LogP contribution is 2.40. The van der Waals surface area contributed by atoms with Crippen LogP contribution in [-0.4, -0.2) is 67.3 Å². The van der Waals surface area contributed by atoms with E-state index in [0.717, 1.165) is 73.4 Å². The number of halogens is 1. The molecule has 33 heavy (non-hydrogen) atoms. The van der Waals surface area contributed by atoms with E-state index in [1.165, 1.54) is 12.1 Å². The minimum Gasteiger partial charge on any atom is -0.493 e. The van der Waals surface area contributed by atoms with Crippen LogP contribution < -0.4 is 14.2 Å². The molecule has 0 aliphatic carbocycles. The van der Waals surface area contributed by atoms with Gasteiger partial charge >= 0.3 is 0 Å². The van der Waals surface area contributed by atoms with Gasteiger partial charge in [0.15, 0.2) is 11.5 Å². The van der Waals surface area contributed by atoms with Crippen LogP contribution in [0.3, 0.4) is 0 Å². The predicted molar refractivity (Wildman–Crippen MR) is 125 cm³/mol. The Hall–Kier alpha value is -3.10. The van der Waals surface area contributed by atoms with Crippen molar-refractivity contribution >= 4 is 0 Å². The molecule has 1 fully saturated rings. The fourth-order valence-corrected chi connectivity index (χ4v) is 4.25. The van der Waals surface area contributed by atoms with Gasteiger partial charge in [0.1, 0.15) is 11.6 Å². The quantitative estimate of drug-likeness (QED) is 0.558. The molecule has 0 radical (unpaired) electrons.